The van der Waals surface area contributed by atoms with Crippen LogP contribution >= 0.6 is 0 Å². The van der Waals surface area contributed by atoms with E-state index in [2.05, 4.69) is 18.7 Å². The first-order chi connectivity index (χ1) is 8.00. The first-order valence-electron chi connectivity index (χ1n) is 6.53. The topological polar surface area (TPSA) is 49.8 Å². The lowest BCUT2D eigenvalue weighted by molar-refractivity contribution is -0.148. The van der Waals surface area contributed by atoms with Gasteiger partial charge in [0.25, 0.3) is 0 Å². The van der Waals surface area contributed by atoms with Gasteiger partial charge in [-0.2, -0.15) is 0 Å². The standard InChI is InChI=1S/C13H25NO3/c1-4-13(12(15)16)5-6-14(10-13)7-8-17-9-11(2)3/h11H,4-10H2,1-3H3,(H,15,16). The Morgan fingerprint density at radius 2 is 2.24 bits per heavy atom. The summed E-state index contributed by atoms with van der Waals surface area (Å²) in [6, 6.07) is 0. The van der Waals surface area contributed by atoms with E-state index in [1.54, 1.807) is 0 Å². The van der Waals surface area contributed by atoms with Crippen molar-refractivity contribution in [2.45, 2.75) is 33.6 Å². The molecule has 17 heavy (non-hydrogen) atoms. The molecule has 0 spiro atoms. The Kier molecular flexibility index (Phi) is 5.40. The van der Waals surface area contributed by atoms with E-state index in [0.717, 1.165) is 26.1 Å². The van der Waals surface area contributed by atoms with Crippen molar-refractivity contribution in [3.63, 3.8) is 0 Å². The van der Waals surface area contributed by atoms with Crippen LogP contribution in [-0.2, 0) is 9.53 Å². The van der Waals surface area contributed by atoms with Crippen molar-refractivity contribution in [3.8, 4) is 0 Å². The average Bonchev–Trinajstić information content (AvgIpc) is 2.69. The maximum absolute atomic E-state index is 11.3. The Morgan fingerprint density at radius 1 is 1.53 bits per heavy atom. The second kappa shape index (κ2) is 6.36. The van der Waals surface area contributed by atoms with E-state index >= 15 is 0 Å². The smallest absolute Gasteiger partial charge is 0.310 e. The summed E-state index contributed by atoms with van der Waals surface area (Å²) in [6.45, 7) is 10.1. The van der Waals surface area contributed by atoms with Crippen LogP contribution in [0.5, 0.6) is 0 Å². The number of ether oxygens (including phenoxy) is 1. The van der Waals surface area contributed by atoms with Crippen LogP contribution in [0, 0.1) is 11.3 Å². The molecule has 1 aliphatic rings. The number of carboxylic acid groups (broad SMARTS) is 1. The first-order valence-corrected chi connectivity index (χ1v) is 6.53. The van der Waals surface area contributed by atoms with Crippen LogP contribution < -0.4 is 0 Å². The van der Waals surface area contributed by atoms with Gasteiger partial charge in [0.05, 0.1) is 12.0 Å². The van der Waals surface area contributed by atoms with Crippen LogP contribution in [0.2, 0.25) is 0 Å². The van der Waals surface area contributed by atoms with E-state index in [1.807, 2.05) is 6.92 Å². The minimum absolute atomic E-state index is 0.516. The fourth-order valence-corrected chi connectivity index (χ4v) is 2.28. The maximum Gasteiger partial charge on any atom is 0.310 e. The van der Waals surface area contributed by atoms with Crippen molar-refractivity contribution in [1.29, 1.82) is 0 Å². The number of rotatable bonds is 7. The van der Waals surface area contributed by atoms with Crippen LogP contribution in [0.25, 0.3) is 0 Å². The van der Waals surface area contributed by atoms with E-state index in [-0.39, 0.29) is 0 Å². The number of hydrogen-bond donors (Lipinski definition) is 1. The molecule has 0 saturated carbocycles. The molecule has 1 saturated heterocycles. The van der Waals surface area contributed by atoms with Gasteiger partial charge in [-0.15, -0.1) is 0 Å². The van der Waals surface area contributed by atoms with Gasteiger partial charge in [-0.1, -0.05) is 20.8 Å². The lowest BCUT2D eigenvalue weighted by atomic mass is 9.84. The van der Waals surface area contributed by atoms with Gasteiger partial charge in [0.2, 0.25) is 0 Å². The zero-order valence-electron chi connectivity index (χ0n) is 11.2. The van der Waals surface area contributed by atoms with E-state index in [9.17, 15) is 9.90 Å². The third-order valence-corrected chi connectivity index (χ3v) is 3.57. The van der Waals surface area contributed by atoms with Crippen molar-refractivity contribution in [2.75, 3.05) is 32.8 Å². The molecule has 0 aliphatic carbocycles. The quantitative estimate of drug-likeness (QED) is 0.693. The molecular weight excluding hydrogens is 218 g/mol. The van der Waals surface area contributed by atoms with Crippen LogP contribution in [0.15, 0.2) is 0 Å². The van der Waals surface area contributed by atoms with Crippen molar-refractivity contribution >= 4 is 5.97 Å². The predicted molar refractivity (Wildman–Crippen MR) is 67.1 cm³/mol. The molecule has 1 heterocycles. The van der Waals surface area contributed by atoms with Gasteiger partial charge in [0, 0.05) is 19.7 Å². The third kappa shape index (κ3) is 3.96. The molecule has 0 radical (unpaired) electrons. The summed E-state index contributed by atoms with van der Waals surface area (Å²) in [5.74, 6) is -0.0899. The predicted octanol–water partition coefficient (Wildman–Crippen LogP) is 1.85. The largest absolute Gasteiger partial charge is 0.481 e. The van der Waals surface area contributed by atoms with Gasteiger partial charge < -0.3 is 9.84 Å². The van der Waals surface area contributed by atoms with E-state index in [4.69, 9.17) is 4.74 Å². The SMILES string of the molecule is CCC1(C(=O)O)CCN(CCOCC(C)C)C1. The summed E-state index contributed by atoms with van der Waals surface area (Å²) in [6.07, 6.45) is 1.48. The second-order valence-corrected chi connectivity index (χ2v) is 5.43. The molecule has 1 fully saturated rings. The zero-order chi connectivity index (χ0) is 12.9. The summed E-state index contributed by atoms with van der Waals surface area (Å²) in [7, 11) is 0. The van der Waals surface area contributed by atoms with Gasteiger partial charge in [0.15, 0.2) is 0 Å². The number of carboxylic acids is 1. The highest BCUT2D eigenvalue weighted by atomic mass is 16.5. The lowest BCUT2D eigenvalue weighted by Gasteiger charge is -2.23. The maximum atomic E-state index is 11.3. The summed E-state index contributed by atoms with van der Waals surface area (Å²) >= 11 is 0. The van der Waals surface area contributed by atoms with Crippen LogP contribution in [-0.4, -0.2) is 48.8 Å². The number of hydrogen-bond acceptors (Lipinski definition) is 3. The van der Waals surface area contributed by atoms with E-state index in [1.165, 1.54) is 0 Å². The van der Waals surface area contributed by atoms with Gasteiger partial charge >= 0.3 is 5.97 Å². The number of likely N-dealkylation sites (tertiary alicyclic amines) is 1. The normalized spacial score (nSPS) is 25.6. The molecule has 1 rings (SSSR count). The lowest BCUT2D eigenvalue weighted by Crippen LogP contribution is -2.35. The number of carbonyl (C=O) groups is 1. The molecule has 1 atom stereocenters. The molecule has 0 amide bonds. The van der Waals surface area contributed by atoms with Gasteiger partial charge in [-0.25, -0.2) is 0 Å². The Bertz CT molecular complexity index is 255. The Balaban J connectivity index is 2.28. The van der Waals surface area contributed by atoms with E-state index < -0.39 is 11.4 Å². The summed E-state index contributed by atoms with van der Waals surface area (Å²) in [5, 5.41) is 9.27. The summed E-state index contributed by atoms with van der Waals surface area (Å²) in [4.78, 5) is 13.5. The monoisotopic (exact) mass is 243 g/mol. The molecule has 100 valence electrons. The molecule has 4 heteroatoms. The van der Waals surface area contributed by atoms with E-state index in [0.29, 0.717) is 25.5 Å². The minimum Gasteiger partial charge on any atom is -0.481 e. The molecule has 4 nitrogen and oxygen atoms in total. The molecule has 0 aromatic rings. The summed E-state index contributed by atoms with van der Waals surface area (Å²) < 4.78 is 5.53. The Labute approximate surface area is 104 Å². The molecule has 0 aromatic heterocycles. The number of nitrogens with zero attached hydrogens (tertiary/aromatic N) is 1. The fraction of sp³-hybridized carbons (Fsp3) is 0.923. The first kappa shape index (κ1) is 14.5. The van der Waals surface area contributed by atoms with Gasteiger partial charge in [0.1, 0.15) is 0 Å². The molecule has 1 N–H and O–H groups in total. The molecular formula is C13H25NO3. The number of aliphatic carboxylic acids is 1. The average molecular weight is 243 g/mol. The Hall–Kier alpha value is -0.610. The zero-order valence-corrected chi connectivity index (χ0v) is 11.2. The van der Waals surface area contributed by atoms with Crippen molar-refractivity contribution < 1.29 is 14.6 Å². The van der Waals surface area contributed by atoms with Crippen molar-refractivity contribution in [1.82, 2.24) is 4.90 Å². The van der Waals surface area contributed by atoms with Crippen LogP contribution in [0.3, 0.4) is 0 Å². The highest BCUT2D eigenvalue weighted by Crippen LogP contribution is 2.33. The molecule has 1 unspecified atom stereocenters. The Morgan fingerprint density at radius 3 is 2.71 bits per heavy atom. The molecule has 1 aliphatic heterocycles. The molecule has 0 aromatic carbocycles. The highest BCUT2D eigenvalue weighted by molar-refractivity contribution is 5.75. The van der Waals surface area contributed by atoms with Crippen LogP contribution in [0.1, 0.15) is 33.6 Å². The van der Waals surface area contributed by atoms with Crippen molar-refractivity contribution in [3.05, 3.63) is 0 Å². The minimum atomic E-state index is -0.648. The summed E-state index contributed by atoms with van der Waals surface area (Å²) in [5.41, 5.74) is -0.516. The molecule has 0 bridgehead atoms. The second-order valence-electron chi connectivity index (χ2n) is 5.43. The van der Waals surface area contributed by atoms with Crippen molar-refractivity contribution in [2.24, 2.45) is 11.3 Å². The van der Waals surface area contributed by atoms with Gasteiger partial charge in [-0.05, 0) is 25.3 Å². The van der Waals surface area contributed by atoms with Crippen LogP contribution in [0.4, 0.5) is 0 Å². The van der Waals surface area contributed by atoms with Gasteiger partial charge in [-0.3, -0.25) is 9.69 Å². The highest BCUT2D eigenvalue weighted by Gasteiger charge is 2.42. The fourth-order valence-electron chi connectivity index (χ4n) is 2.28. The third-order valence-electron chi connectivity index (χ3n) is 3.57.